The maximum absolute atomic E-state index is 11.5. The molecule has 0 aromatic rings. The molecule has 2 unspecified atom stereocenters. The van der Waals surface area contributed by atoms with Gasteiger partial charge in [0, 0.05) is 23.9 Å². The van der Waals surface area contributed by atoms with E-state index < -0.39 is 22.0 Å². The van der Waals surface area contributed by atoms with E-state index in [1.54, 1.807) is 11.9 Å². The zero-order valence-electron chi connectivity index (χ0n) is 8.80. The quantitative estimate of drug-likeness (QED) is 0.715. The predicted molar refractivity (Wildman–Crippen MR) is 55.9 cm³/mol. The Bertz CT molecular complexity index is 300. The van der Waals surface area contributed by atoms with Crippen molar-refractivity contribution in [2.45, 2.75) is 31.1 Å². The van der Waals surface area contributed by atoms with Gasteiger partial charge in [-0.2, -0.15) is 0 Å². The first-order chi connectivity index (χ1) is 6.93. The molecule has 0 aromatic heterocycles. The van der Waals surface area contributed by atoms with Gasteiger partial charge in [-0.25, -0.2) is 0 Å². The lowest BCUT2D eigenvalue weighted by molar-refractivity contribution is -0.136. The van der Waals surface area contributed by atoms with Crippen molar-refractivity contribution < 1.29 is 18.9 Å². The minimum absolute atomic E-state index is 0.194. The van der Waals surface area contributed by atoms with Crippen LogP contribution in [0.4, 0.5) is 0 Å². The summed E-state index contributed by atoms with van der Waals surface area (Å²) in [4.78, 5) is 23.6. The number of rotatable bonds is 5. The zero-order valence-corrected chi connectivity index (χ0v) is 9.62. The van der Waals surface area contributed by atoms with E-state index in [0.29, 0.717) is 0 Å². The second-order valence-corrected chi connectivity index (χ2v) is 5.50. The molecule has 1 N–H and O–H groups in total. The number of hydrogen-bond acceptors (Lipinski definition) is 3. The van der Waals surface area contributed by atoms with Crippen molar-refractivity contribution in [2.75, 3.05) is 12.8 Å². The van der Waals surface area contributed by atoms with E-state index >= 15 is 0 Å². The van der Waals surface area contributed by atoms with E-state index in [4.69, 9.17) is 5.11 Å². The summed E-state index contributed by atoms with van der Waals surface area (Å²) in [6, 6.07) is 0.273. The molecule has 1 fully saturated rings. The van der Waals surface area contributed by atoms with Gasteiger partial charge in [-0.1, -0.05) is 0 Å². The molecule has 5 nitrogen and oxygen atoms in total. The van der Waals surface area contributed by atoms with Gasteiger partial charge in [0.1, 0.15) is 11.0 Å². The van der Waals surface area contributed by atoms with E-state index in [1.807, 2.05) is 0 Å². The molecule has 0 bridgehead atoms. The number of amides is 1. The molecular weight excluding hydrogens is 218 g/mol. The Morgan fingerprint density at radius 2 is 2.07 bits per heavy atom. The van der Waals surface area contributed by atoms with Gasteiger partial charge in [-0.05, 0) is 19.8 Å². The maximum Gasteiger partial charge on any atom is 0.318 e. The lowest BCUT2D eigenvalue weighted by atomic mass is 10.5. The Morgan fingerprint density at radius 3 is 2.47 bits per heavy atom. The molecule has 1 aliphatic carbocycles. The van der Waals surface area contributed by atoms with Crippen LogP contribution in [0.1, 0.15) is 19.8 Å². The van der Waals surface area contributed by atoms with E-state index in [0.717, 1.165) is 12.8 Å². The average molecular weight is 233 g/mol. The molecule has 0 aromatic carbocycles. The molecule has 2 atom stereocenters. The molecule has 0 saturated heterocycles. The third-order valence-corrected chi connectivity index (χ3v) is 4.02. The Morgan fingerprint density at radius 1 is 1.53 bits per heavy atom. The minimum Gasteiger partial charge on any atom is -0.480 e. The van der Waals surface area contributed by atoms with Crippen LogP contribution in [-0.2, 0) is 20.4 Å². The standard InChI is InChI=1S/C9H15NO4S/c1-6(9(12)13)15(14)5-8(11)10(2)7-3-4-7/h6-7H,3-5H2,1-2H3,(H,12,13). The van der Waals surface area contributed by atoms with Gasteiger partial charge in [0.15, 0.2) is 0 Å². The summed E-state index contributed by atoms with van der Waals surface area (Å²) in [5.41, 5.74) is 0. The Labute approximate surface area is 90.9 Å². The van der Waals surface area contributed by atoms with E-state index in [-0.39, 0.29) is 17.7 Å². The first-order valence-corrected chi connectivity index (χ1v) is 6.17. The number of hydrogen-bond donors (Lipinski definition) is 1. The van der Waals surface area contributed by atoms with Crippen molar-refractivity contribution in [1.82, 2.24) is 4.90 Å². The van der Waals surface area contributed by atoms with Gasteiger partial charge >= 0.3 is 5.97 Å². The van der Waals surface area contributed by atoms with Crippen LogP contribution in [0.25, 0.3) is 0 Å². The number of carboxylic acids is 1. The van der Waals surface area contributed by atoms with Gasteiger partial charge < -0.3 is 10.0 Å². The highest BCUT2D eigenvalue weighted by Crippen LogP contribution is 2.25. The summed E-state index contributed by atoms with van der Waals surface area (Å²) in [5.74, 6) is -1.56. The summed E-state index contributed by atoms with van der Waals surface area (Å²) in [6.45, 7) is 1.35. The first-order valence-electron chi connectivity index (χ1n) is 4.79. The van der Waals surface area contributed by atoms with Crippen molar-refractivity contribution in [3.8, 4) is 0 Å². The first kappa shape index (κ1) is 12.2. The molecule has 0 heterocycles. The number of nitrogens with zero attached hydrogens (tertiary/aromatic N) is 1. The molecular formula is C9H15NO4S. The minimum atomic E-state index is -1.63. The molecule has 6 heteroatoms. The topological polar surface area (TPSA) is 74.7 Å². The lowest BCUT2D eigenvalue weighted by Crippen LogP contribution is -2.36. The largest absolute Gasteiger partial charge is 0.480 e. The molecule has 1 saturated carbocycles. The highest BCUT2D eigenvalue weighted by Gasteiger charge is 2.31. The van der Waals surface area contributed by atoms with E-state index in [2.05, 4.69) is 0 Å². The summed E-state index contributed by atoms with van der Waals surface area (Å²) in [6.07, 6.45) is 1.98. The summed E-state index contributed by atoms with van der Waals surface area (Å²) in [5, 5.41) is 7.62. The van der Waals surface area contributed by atoms with Gasteiger partial charge in [0.25, 0.3) is 0 Å². The molecule has 1 amide bonds. The van der Waals surface area contributed by atoms with Crippen LogP contribution in [-0.4, -0.2) is 50.2 Å². The summed E-state index contributed by atoms with van der Waals surface area (Å²) in [7, 11) is 0.0442. The van der Waals surface area contributed by atoms with Crippen LogP contribution in [0.2, 0.25) is 0 Å². The smallest absolute Gasteiger partial charge is 0.318 e. The van der Waals surface area contributed by atoms with Crippen molar-refractivity contribution in [3.63, 3.8) is 0 Å². The van der Waals surface area contributed by atoms with Gasteiger partial charge in [0.2, 0.25) is 5.91 Å². The summed E-state index contributed by atoms with van der Waals surface area (Å²) < 4.78 is 11.4. The second kappa shape index (κ2) is 4.74. The Balaban J connectivity index is 2.43. The fourth-order valence-corrected chi connectivity index (χ4v) is 2.05. The second-order valence-electron chi connectivity index (χ2n) is 3.74. The fourth-order valence-electron chi connectivity index (χ4n) is 1.13. The SMILES string of the molecule is CC(C(=O)O)S(=O)CC(=O)N(C)C1CC1. The molecule has 0 spiro atoms. The normalized spacial score (nSPS) is 19.3. The molecule has 0 radical (unpaired) electrons. The highest BCUT2D eigenvalue weighted by molar-refractivity contribution is 7.87. The average Bonchev–Trinajstić information content (AvgIpc) is 2.98. The Kier molecular flexibility index (Phi) is 3.84. The third-order valence-electron chi connectivity index (χ3n) is 2.50. The van der Waals surface area contributed by atoms with Crippen molar-refractivity contribution >= 4 is 22.7 Å². The number of aliphatic carboxylic acids is 1. The number of carbonyl (C=O) groups excluding carboxylic acids is 1. The Hall–Kier alpha value is -0.910. The maximum atomic E-state index is 11.5. The van der Waals surface area contributed by atoms with Crippen molar-refractivity contribution in [1.29, 1.82) is 0 Å². The lowest BCUT2D eigenvalue weighted by Gasteiger charge is -2.16. The molecule has 1 aliphatic rings. The van der Waals surface area contributed by atoms with Crippen LogP contribution in [0.5, 0.6) is 0 Å². The zero-order chi connectivity index (χ0) is 11.6. The number of carbonyl (C=O) groups is 2. The van der Waals surface area contributed by atoms with Gasteiger partial charge in [0.05, 0.1) is 0 Å². The van der Waals surface area contributed by atoms with Crippen LogP contribution in [0, 0.1) is 0 Å². The van der Waals surface area contributed by atoms with Crippen LogP contribution >= 0.6 is 0 Å². The highest BCUT2D eigenvalue weighted by atomic mass is 32.2. The van der Waals surface area contributed by atoms with E-state index in [1.165, 1.54) is 6.92 Å². The molecule has 15 heavy (non-hydrogen) atoms. The van der Waals surface area contributed by atoms with E-state index in [9.17, 15) is 13.8 Å². The van der Waals surface area contributed by atoms with Gasteiger partial charge in [-0.3, -0.25) is 13.8 Å². The monoisotopic (exact) mass is 233 g/mol. The van der Waals surface area contributed by atoms with Crippen molar-refractivity contribution in [2.24, 2.45) is 0 Å². The molecule has 0 aliphatic heterocycles. The van der Waals surface area contributed by atoms with Crippen LogP contribution in [0.15, 0.2) is 0 Å². The van der Waals surface area contributed by atoms with Crippen LogP contribution in [0.3, 0.4) is 0 Å². The number of carboxylic acid groups (broad SMARTS) is 1. The fraction of sp³-hybridized carbons (Fsp3) is 0.778. The third kappa shape index (κ3) is 3.30. The summed E-state index contributed by atoms with van der Waals surface area (Å²) >= 11 is 0. The molecule has 1 rings (SSSR count). The van der Waals surface area contributed by atoms with Gasteiger partial charge in [-0.15, -0.1) is 0 Å². The molecule has 86 valence electrons. The van der Waals surface area contributed by atoms with Crippen LogP contribution < -0.4 is 0 Å². The van der Waals surface area contributed by atoms with Crippen molar-refractivity contribution in [3.05, 3.63) is 0 Å². The predicted octanol–water partition coefficient (Wildman–Crippen LogP) is -0.171.